The molecule has 0 bridgehead atoms. The van der Waals surface area contributed by atoms with Gasteiger partial charge in [-0.3, -0.25) is 0 Å². The molecule has 88 valence electrons. The van der Waals surface area contributed by atoms with Crippen molar-refractivity contribution in [3.8, 4) is 5.75 Å². The van der Waals surface area contributed by atoms with Gasteiger partial charge in [0.15, 0.2) is 0 Å². The smallest absolute Gasteiger partial charge is 0.496 e. The molecule has 0 amide bonds. The van der Waals surface area contributed by atoms with Gasteiger partial charge in [0.05, 0.1) is 5.75 Å². The van der Waals surface area contributed by atoms with E-state index in [1.54, 1.807) is 0 Å². The zero-order chi connectivity index (χ0) is 12.6. The Morgan fingerprint density at radius 2 is 1.50 bits per heavy atom. The predicted molar refractivity (Wildman–Crippen MR) is 73.0 cm³/mol. The van der Waals surface area contributed by atoms with E-state index in [0.29, 0.717) is 0 Å². The molecule has 1 aromatic rings. The van der Waals surface area contributed by atoms with E-state index in [1.807, 2.05) is 0 Å². The Morgan fingerprint density at radius 3 is 1.88 bits per heavy atom. The van der Waals surface area contributed by atoms with Crippen LogP contribution in [0.4, 0.5) is 0 Å². The van der Waals surface area contributed by atoms with Crippen molar-refractivity contribution in [3.63, 3.8) is 0 Å². The second-order valence-electron chi connectivity index (χ2n) is 6.42. The summed E-state index contributed by atoms with van der Waals surface area (Å²) in [6.07, 6.45) is 0. The average Bonchev–Trinajstić information content (AvgIpc) is 2.14. The van der Waals surface area contributed by atoms with E-state index in [9.17, 15) is 0 Å². The topological polar surface area (TPSA) is 9.23 Å². The number of hydrogen-bond donors (Lipinski definition) is 0. The molecule has 0 aliphatic carbocycles. The summed E-state index contributed by atoms with van der Waals surface area (Å²) in [5.74, 6) is 1.05. The molecule has 0 saturated heterocycles. The zero-order valence-corrected chi connectivity index (χ0v) is 13.6. The minimum absolute atomic E-state index is 0.140. The summed E-state index contributed by atoms with van der Waals surface area (Å²) < 4.78 is 5.58. The molecule has 0 fully saturated rings. The van der Waals surface area contributed by atoms with Gasteiger partial charge in [0.2, 0.25) is 0 Å². The van der Waals surface area contributed by atoms with Crippen LogP contribution in [-0.4, -0.2) is 16.6 Å². The maximum absolute atomic E-state index is 5.58. The summed E-state index contributed by atoms with van der Waals surface area (Å²) in [5, 5.41) is 0. The summed E-state index contributed by atoms with van der Waals surface area (Å²) in [6, 6.07) is 6.60. The molecule has 0 saturated carbocycles. The lowest BCUT2D eigenvalue weighted by Crippen LogP contribution is -2.17. The van der Waals surface area contributed by atoms with E-state index in [-0.39, 0.29) is 10.8 Å². The molecule has 2 heteroatoms. The van der Waals surface area contributed by atoms with Gasteiger partial charge in [-0.15, -0.1) is 0 Å². The molecule has 16 heavy (non-hydrogen) atoms. The average molecular weight is 234 g/mol. The lowest BCUT2D eigenvalue weighted by atomic mass is 9.80. The highest BCUT2D eigenvalue weighted by Crippen LogP contribution is 2.35. The van der Waals surface area contributed by atoms with Gasteiger partial charge in [-0.1, -0.05) is 53.7 Å². The highest BCUT2D eigenvalue weighted by Gasteiger charge is 2.22. The first-order valence-corrected chi connectivity index (χ1v) is 6.67. The molecular formula is C14H23AlO. The third-order valence-corrected chi connectivity index (χ3v) is 3.31. The SMILES string of the molecule is CC(C)(C)c1ccc([O][AlH2])c(C(C)(C)C)c1. The Kier molecular flexibility index (Phi) is 3.77. The number of rotatable bonds is 1. The van der Waals surface area contributed by atoms with Gasteiger partial charge >= 0.3 is 16.6 Å². The van der Waals surface area contributed by atoms with Crippen molar-refractivity contribution in [1.29, 1.82) is 0 Å². The van der Waals surface area contributed by atoms with Crippen LogP contribution in [0, 0.1) is 0 Å². The van der Waals surface area contributed by atoms with Gasteiger partial charge in [-0.25, -0.2) is 0 Å². The molecule has 0 N–H and O–H groups in total. The van der Waals surface area contributed by atoms with E-state index in [0.717, 1.165) is 22.4 Å². The number of hydrogen-bond acceptors (Lipinski definition) is 1. The molecule has 0 aliphatic rings. The summed E-state index contributed by atoms with van der Waals surface area (Å²) in [5.41, 5.74) is 3.03. The van der Waals surface area contributed by atoms with Crippen molar-refractivity contribution in [2.24, 2.45) is 0 Å². The fourth-order valence-electron chi connectivity index (χ4n) is 1.76. The third-order valence-electron chi connectivity index (χ3n) is 2.87. The Morgan fingerprint density at radius 1 is 0.938 bits per heavy atom. The summed E-state index contributed by atoms with van der Waals surface area (Å²) >= 11 is 0.746. The van der Waals surface area contributed by atoms with Crippen molar-refractivity contribution >= 4 is 16.6 Å². The Balaban J connectivity index is 3.34. The fraction of sp³-hybridized carbons (Fsp3) is 0.571. The van der Waals surface area contributed by atoms with Crippen LogP contribution in [0.25, 0.3) is 0 Å². The van der Waals surface area contributed by atoms with E-state index in [4.69, 9.17) is 3.79 Å². The molecule has 0 spiro atoms. The minimum atomic E-state index is 0.140. The van der Waals surface area contributed by atoms with Crippen LogP contribution in [-0.2, 0) is 10.8 Å². The first-order valence-electron chi connectivity index (χ1n) is 5.85. The Bertz CT molecular complexity index is 369. The quantitative estimate of drug-likeness (QED) is 0.678. The molecule has 1 rings (SSSR count). The second-order valence-corrected chi connectivity index (χ2v) is 6.82. The Labute approximate surface area is 108 Å². The molecule has 1 aromatic carbocycles. The van der Waals surface area contributed by atoms with Gasteiger partial charge in [0.25, 0.3) is 0 Å². The van der Waals surface area contributed by atoms with E-state index < -0.39 is 0 Å². The normalized spacial score (nSPS) is 12.6. The molecule has 1 nitrogen and oxygen atoms in total. The third kappa shape index (κ3) is 3.03. The summed E-state index contributed by atoms with van der Waals surface area (Å²) in [7, 11) is 0. The van der Waals surface area contributed by atoms with Crippen LogP contribution in [0.15, 0.2) is 18.2 Å². The first-order chi connectivity index (χ1) is 7.16. The highest BCUT2D eigenvalue weighted by atomic mass is 27.1. The maximum atomic E-state index is 5.58. The molecule has 0 aromatic heterocycles. The van der Waals surface area contributed by atoms with Crippen LogP contribution < -0.4 is 3.79 Å². The van der Waals surface area contributed by atoms with Crippen LogP contribution >= 0.6 is 0 Å². The Hall–Kier alpha value is -0.448. The monoisotopic (exact) mass is 234 g/mol. The van der Waals surface area contributed by atoms with Gasteiger partial charge in [0.1, 0.15) is 0 Å². The van der Waals surface area contributed by atoms with Gasteiger partial charge in [-0.2, -0.15) is 0 Å². The molecule has 0 unspecified atom stereocenters. The van der Waals surface area contributed by atoms with Crippen LogP contribution in [0.2, 0.25) is 0 Å². The van der Waals surface area contributed by atoms with Crippen molar-refractivity contribution in [2.75, 3.05) is 0 Å². The van der Waals surface area contributed by atoms with Crippen molar-refractivity contribution in [3.05, 3.63) is 29.3 Å². The maximum Gasteiger partial charge on any atom is 0.496 e. The van der Waals surface area contributed by atoms with E-state index >= 15 is 0 Å². The lowest BCUT2D eigenvalue weighted by molar-refractivity contribution is 0.527. The first kappa shape index (κ1) is 13.6. The molecule has 0 atom stereocenters. The van der Waals surface area contributed by atoms with Gasteiger partial charge in [-0.05, 0) is 28.0 Å². The lowest BCUT2D eigenvalue weighted by Gasteiger charge is -2.27. The zero-order valence-electron chi connectivity index (χ0n) is 11.6. The van der Waals surface area contributed by atoms with Gasteiger partial charge in [0, 0.05) is 0 Å². The largest absolute Gasteiger partial charge is 0.647 e. The number of benzene rings is 1. The van der Waals surface area contributed by atoms with Crippen LogP contribution in [0.3, 0.4) is 0 Å². The molecule has 0 heterocycles. The van der Waals surface area contributed by atoms with Crippen molar-refractivity contribution in [1.82, 2.24) is 0 Å². The van der Waals surface area contributed by atoms with Crippen molar-refractivity contribution < 1.29 is 3.79 Å². The second kappa shape index (κ2) is 4.43. The van der Waals surface area contributed by atoms with E-state index in [2.05, 4.69) is 59.7 Å². The molecule has 0 radical (unpaired) electrons. The van der Waals surface area contributed by atoms with Crippen LogP contribution in [0.5, 0.6) is 5.75 Å². The molecular weight excluding hydrogens is 211 g/mol. The van der Waals surface area contributed by atoms with Gasteiger partial charge < -0.3 is 3.79 Å². The van der Waals surface area contributed by atoms with Crippen molar-refractivity contribution in [2.45, 2.75) is 52.4 Å². The summed E-state index contributed by atoms with van der Waals surface area (Å²) in [6.45, 7) is 13.4. The predicted octanol–water partition coefficient (Wildman–Crippen LogP) is 3.21. The van der Waals surface area contributed by atoms with Crippen LogP contribution in [0.1, 0.15) is 52.7 Å². The fourth-order valence-corrected chi connectivity index (χ4v) is 2.12. The van der Waals surface area contributed by atoms with E-state index in [1.165, 1.54) is 11.1 Å². The minimum Gasteiger partial charge on any atom is -0.647 e. The molecule has 0 aliphatic heterocycles. The standard InChI is InChI=1S/C14H22O.Al.2H/c1-13(2,3)10-7-8-12(15)11(9-10)14(4,5)6;;;/h7-9,15H,1-6H3;;;/q;+1;;/p-1. The summed E-state index contributed by atoms with van der Waals surface area (Å²) in [4.78, 5) is 0. The highest BCUT2D eigenvalue weighted by molar-refractivity contribution is 6.00.